The summed E-state index contributed by atoms with van der Waals surface area (Å²) in [6.07, 6.45) is 7.57. The normalized spacial score (nSPS) is 17.3. The van der Waals surface area contributed by atoms with Crippen molar-refractivity contribution in [2.45, 2.75) is 11.1 Å². The highest BCUT2D eigenvalue weighted by atomic mass is 32.2. The fourth-order valence-electron chi connectivity index (χ4n) is 1.22. The molecule has 0 unspecified atom stereocenters. The molecule has 16 heavy (non-hydrogen) atoms. The minimum absolute atomic E-state index is 0.125. The van der Waals surface area contributed by atoms with Crippen molar-refractivity contribution in [2.24, 2.45) is 0 Å². The lowest BCUT2D eigenvalue weighted by Gasteiger charge is -2.35. The number of rotatable bonds is 4. The van der Waals surface area contributed by atoms with E-state index in [9.17, 15) is 4.79 Å². The molecule has 0 bridgehead atoms. The number of amides is 1. The first-order valence-corrected chi connectivity index (χ1v) is 5.84. The summed E-state index contributed by atoms with van der Waals surface area (Å²) in [4.78, 5) is 13.2. The van der Waals surface area contributed by atoms with Crippen molar-refractivity contribution in [1.29, 1.82) is 0 Å². The molecule has 0 aromatic carbocycles. The summed E-state index contributed by atoms with van der Waals surface area (Å²) in [5.74, 6) is -0.125. The van der Waals surface area contributed by atoms with Gasteiger partial charge in [-0.2, -0.15) is 0 Å². The second kappa shape index (κ2) is 5.50. The predicted molar refractivity (Wildman–Crippen MR) is 73.5 cm³/mol. The maximum Gasteiger partial charge on any atom is 0.246 e. The van der Waals surface area contributed by atoms with Crippen LogP contribution in [0.25, 0.3) is 0 Å². The van der Waals surface area contributed by atoms with Gasteiger partial charge in [-0.05, 0) is 19.1 Å². The molecule has 0 aromatic rings. The molecule has 3 nitrogen and oxygen atoms in total. The van der Waals surface area contributed by atoms with Gasteiger partial charge >= 0.3 is 0 Å². The molecule has 0 fully saturated rings. The van der Waals surface area contributed by atoms with Gasteiger partial charge in [0.25, 0.3) is 0 Å². The molecule has 1 rings (SSSR count). The molecule has 0 radical (unpaired) electrons. The average molecular weight is 256 g/mol. The highest BCUT2D eigenvalue weighted by Gasteiger charge is 2.24. The second-order valence-electron chi connectivity index (χ2n) is 3.62. The van der Waals surface area contributed by atoms with Crippen LogP contribution in [0.5, 0.6) is 0 Å². The largest absolute Gasteiger partial charge is 0.351 e. The maximum atomic E-state index is 11.2. The summed E-state index contributed by atoms with van der Waals surface area (Å²) < 4.78 is -0.595. The Kier molecular flexibility index (Phi) is 4.56. The van der Waals surface area contributed by atoms with Crippen LogP contribution in [0.2, 0.25) is 0 Å². The van der Waals surface area contributed by atoms with Crippen molar-refractivity contribution < 1.29 is 4.79 Å². The number of hydrogen-bond donors (Lipinski definition) is 3. The fourth-order valence-corrected chi connectivity index (χ4v) is 1.73. The van der Waals surface area contributed by atoms with Gasteiger partial charge in [-0.1, -0.05) is 12.7 Å². The van der Waals surface area contributed by atoms with Gasteiger partial charge in [0.2, 0.25) is 5.91 Å². The highest BCUT2D eigenvalue weighted by Crippen LogP contribution is 2.28. The predicted octanol–water partition coefficient (Wildman–Crippen LogP) is 1.58. The van der Waals surface area contributed by atoms with Gasteiger partial charge in [-0.3, -0.25) is 4.79 Å². The number of carbonyl (C=O) groups is 1. The molecular weight excluding hydrogens is 240 g/mol. The molecule has 88 valence electrons. The zero-order valence-corrected chi connectivity index (χ0v) is 11.0. The summed E-state index contributed by atoms with van der Waals surface area (Å²) in [5, 5.41) is 2.76. The Labute approximate surface area is 107 Å². The summed E-state index contributed by atoms with van der Waals surface area (Å²) in [6.45, 7) is 6.43. The number of hydrogen-bond acceptors (Lipinski definition) is 4. The van der Waals surface area contributed by atoms with Crippen LogP contribution in [0, 0.1) is 0 Å². The van der Waals surface area contributed by atoms with E-state index in [0.717, 1.165) is 0 Å². The molecule has 1 amide bonds. The van der Waals surface area contributed by atoms with Crippen molar-refractivity contribution in [3.8, 4) is 0 Å². The fraction of sp³-hybridized carbons (Fsp3) is 0.364. The van der Waals surface area contributed by atoms with Gasteiger partial charge in [-0.25, -0.2) is 0 Å². The van der Waals surface area contributed by atoms with E-state index in [1.54, 1.807) is 6.92 Å². The molecule has 0 saturated heterocycles. The van der Waals surface area contributed by atoms with E-state index >= 15 is 0 Å². The van der Waals surface area contributed by atoms with Crippen LogP contribution in [0.4, 0.5) is 0 Å². The van der Waals surface area contributed by atoms with Gasteiger partial charge in [0.15, 0.2) is 0 Å². The third-order valence-electron chi connectivity index (χ3n) is 2.15. The lowest BCUT2D eigenvalue weighted by atomic mass is 10.3. The van der Waals surface area contributed by atoms with Crippen LogP contribution >= 0.6 is 25.3 Å². The average Bonchev–Trinajstić information content (AvgIpc) is 2.19. The Morgan fingerprint density at radius 3 is 2.75 bits per heavy atom. The Bertz CT molecular complexity index is 348. The summed E-state index contributed by atoms with van der Waals surface area (Å²) in [6, 6.07) is 0. The lowest BCUT2D eigenvalue weighted by Crippen LogP contribution is -2.41. The summed E-state index contributed by atoms with van der Waals surface area (Å²) in [5.41, 5.74) is 0.511. The van der Waals surface area contributed by atoms with Crippen molar-refractivity contribution in [2.75, 3.05) is 13.1 Å². The Morgan fingerprint density at radius 1 is 1.50 bits per heavy atom. The molecule has 1 aliphatic heterocycles. The van der Waals surface area contributed by atoms with E-state index < -0.39 is 4.20 Å². The smallest absolute Gasteiger partial charge is 0.246 e. The molecule has 5 heteroatoms. The van der Waals surface area contributed by atoms with Crippen LogP contribution in [-0.2, 0) is 4.79 Å². The topological polar surface area (TPSA) is 32.3 Å². The van der Waals surface area contributed by atoms with E-state index in [2.05, 4.69) is 37.2 Å². The molecule has 0 aliphatic carbocycles. The minimum atomic E-state index is -0.595. The van der Waals surface area contributed by atoms with Crippen LogP contribution < -0.4 is 5.32 Å². The quantitative estimate of drug-likeness (QED) is 0.405. The zero-order valence-electron chi connectivity index (χ0n) is 9.18. The van der Waals surface area contributed by atoms with Crippen molar-refractivity contribution >= 4 is 31.2 Å². The number of nitrogens with zero attached hydrogens (tertiary/aromatic N) is 1. The molecule has 0 atom stereocenters. The van der Waals surface area contributed by atoms with Gasteiger partial charge in [0.05, 0.1) is 0 Å². The van der Waals surface area contributed by atoms with E-state index in [-0.39, 0.29) is 5.91 Å². The first-order valence-electron chi connectivity index (χ1n) is 4.95. The highest BCUT2D eigenvalue weighted by molar-refractivity contribution is 8.00. The van der Waals surface area contributed by atoms with Crippen molar-refractivity contribution in [1.82, 2.24) is 10.2 Å². The van der Waals surface area contributed by atoms with Gasteiger partial charge in [0.1, 0.15) is 4.20 Å². The first-order chi connectivity index (χ1) is 7.43. The molecule has 1 aliphatic rings. The molecule has 1 N–H and O–H groups in total. The standard InChI is InChI=1S/C11H16N2OS2/c1-9(2)10(14)12-6-8-13-7-4-3-5-11(13,15)16/h3-5,7,15-16H,1,6,8H2,2H3,(H,12,14). The van der Waals surface area contributed by atoms with E-state index in [1.807, 2.05) is 29.3 Å². The molecule has 1 heterocycles. The summed E-state index contributed by atoms with van der Waals surface area (Å²) >= 11 is 8.80. The van der Waals surface area contributed by atoms with Gasteiger partial charge < -0.3 is 10.2 Å². The monoisotopic (exact) mass is 256 g/mol. The third-order valence-corrected chi connectivity index (χ3v) is 2.96. The molecule has 0 aromatic heterocycles. The Morgan fingerprint density at radius 2 is 2.19 bits per heavy atom. The minimum Gasteiger partial charge on any atom is -0.351 e. The van der Waals surface area contributed by atoms with Crippen LogP contribution in [0.3, 0.4) is 0 Å². The number of carbonyl (C=O) groups excluding carboxylic acids is 1. The number of thiol groups is 2. The maximum absolute atomic E-state index is 11.2. The second-order valence-corrected chi connectivity index (χ2v) is 5.33. The molecular formula is C11H16N2OS2. The zero-order chi connectivity index (χ0) is 12.2. The molecule has 0 spiro atoms. The van der Waals surface area contributed by atoms with Crippen LogP contribution in [0.15, 0.2) is 36.6 Å². The lowest BCUT2D eigenvalue weighted by molar-refractivity contribution is -0.117. The van der Waals surface area contributed by atoms with Crippen molar-refractivity contribution in [3.05, 3.63) is 36.6 Å². The Balaban J connectivity index is 2.39. The first kappa shape index (κ1) is 13.3. The van der Waals surface area contributed by atoms with E-state index in [0.29, 0.717) is 18.7 Å². The van der Waals surface area contributed by atoms with Crippen LogP contribution in [-0.4, -0.2) is 28.1 Å². The van der Waals surface area contributed by atoms with Crippen molar-refractivity contribution in [3.63, 3.8) is 0 Å². The van der Waals surface area contributed by atoms with Gasteiger partial charge in [-0.15, -0.1) is 25.3 Å². The molecule has 0 saturated carbocycles. The number of allylic oxidation sites excluding steroid dienone is 2. The third kappa shape index (κ3) is 3.64. The van der Waals surface area contributed by atoms with E-state index in [1.165, 1.54) is 0 Å². The van der Waals surface area contributed by atoms with Crippen LogP contribution in [0.1, 0.15) is 6.92 Å². The van der Waals surface area contributed by atoms with Gasteiger partial charge in [0, 0.05) is 24.9 Å². The van der Waals surface area contributed by atoms with E-state index in [4.69, 9.17) is 0 Å². The number of nitrogens with one attached hydrogen (secondary N) is 1. The SMILES string of the molecule is C=C(C)C(=O)NCCN1C=CC=CC1(S)S. The summed E-state index contributed by atoms with van der Waals surface area (Å²) in [7, 11) is 0. The Hall–Kier alpha value is -0.810.